The van der Waals surface area contributed by atoms with Crippen molar-refractivity contribution in [3.8, 4) is 0 Å². The largest absolute Gasteiger partial charge is 0.340 e. The Morgan fingerprint density at radius 2 is 0.661 bits per heavy atom. The minimum Gasteiger partial charge on any atom is -0.340 e. The van der Waals surface area contributed by atoms with Crippen LogP contribution in [-0.2, 0) is 9.47 Å². The molecule has 0 atom stereocenters. The lowest BCUT2D eigenvalue weighted by Crippen LogP contribution is -2.70. The summed E-state index contributed by atoms with van der Waals surface area (Å²) < 4.78 is 11.3. The van der Waals surface area contributed by atoms with E-state index in [2.05, 4.69) is 0 Å². The van der Waals surface area contributed by atoms with Crippen molar-refractivity contribution in [2.75, 3.05) is 66.9 Å². The Balaban J connectivity index is 0.922. The number of nitrogens with zero attached hydrogens (tertiary/aromatic N) is 16. The standard InChI is InChI=1S/C30H36N16O10/c1-27-17-35-5-31-15-16-33(19(31)47)7-41-25(53)45-13-56-14-46-26(54)42(29(41,3)30(45,46)4)8-34(16)20(48)32(15)6-36(17)22(50)40(27)10-38-18-28(2)43(11-55-12-44(28)24(38)52)23(51)37(18)9-39(27)21(35)49/h15-18H,5-14H2,1-4H3/t15-,16+,17+,18+,27-,28-,29-,30+. The van der Waals surface area contributed by atoms with E-state index in [-0.39, 0.29) is 66.9 Å². The maximum Gasteiger partial charge on any atom is 0.327 e. The van der Waals surface area contributed by atoms with Crippen molar-refractivity contribution in [2.45, 2.75) is 75.0 Å². The first-order chi connectivity index (χ1) is 26.6. The fourth-order valence-corrected chi connectivity index (χ4v) is 12.3. The summed E-state index contributed by atoms with van der Waals surface area (Å²) in [4.78, 5) is 139. The molecule has 0 aromatic rings. The lowest BCUT2D eigenvalue weighted by atomic mass is 9.95. The number of amides is 16. The van der Waals surface area contributed by atoms with Gasteiger partial charge < -0.3 is 9.47 Å². The van der Waals surface area contributed by atoms with Crippen LogP contribution in [0, 0.1) is 0 Å². The van der Waals surface area contributed by atoms with Crippen LogP contribution in [0.15, 0.2) is 0 Å². The van der Waals surface area contributed by atoms with Gasteiger partial charge in [0, 0.05) is 0 Å². The molecule has 13 saturated heterocycles. The molecule has 0 aromatic carbocycles. The number of ether oxygens (including phenoxy) is 2. The van der Waals surface area contributed by atoms with Gasteiger partial charge in [0.15, 0.2) is 47.3 Å². The highest BCUT2D eigenvalue weighted by Gasteiger charge is 2.80. The molecular weight excluding hydrogens is 744 g/mol. The fourth-order valence-electron chi connectivity index (χ4n) is 12.3. The van der Waals surface area contributed by atoms with E-state index in [0.29, 0.717) is 0 Å². The molecule has 0 N–H and O–H groups in total. The van der Waals surface area contributed by atoms with Crippen LogP contribution in [0.1, 0.15) is 27.7 Å². The van der Waals surface area contributed by atoms with Gasteiger partial charge in [-0.3, -0.25) is 78.4 Å². The predicted octanol–water partition coefficient (Wildman–Crippen LogP) is -2.27. The average molecular weight is 781 g/mol. The van der Waals surface area contributed by atoms with E-state index < -0.39 is 95.6 Å². The summed E-state index contributed by atoms with van der Waals surface area (Å²) in [5, 5.41) is 0. The van der Waals surface area contributed by atoms with Crippen molar-refractivity contribution < 1.29 is 47.8 Å². The first kappa shape index (κ1) is 31.3. The van der Waals surface area contributed by atoms with Crippen LogP contribution >= 0.6 is 0 Å². The second-order valence-electron chi connectivity index (χ2n) is 17.0. The Hall–Kier alpha value is -5.92. The Morgan fingerprint density at radius 1 is 0.357 bits per heavy atom. The molecule has 0 saturated carbocycles. The number of hydrogen-bond donors (Lipinski definition) is 0. The Labute approximate surface area is 316 Å². The second-order valence-corrected chi connectivity index (χ2v) is 17.0. The Morgan fingerprint density at radius 3 is 1.09 bits per heavy atom. The molecule has 0 aromatic heterocycles. The number of hydrogen-bond acceptors (Lipinski definition) is 10. The van der Waals surface area contributed by atoms with Crippen LogP contribution in [0.2, 0.25) is 0 Å². The van der Waals surface area contributed by atoms with Gasteiger partial charge in [0.25, 0.3) is 0 Å². The summed E-state index contributed by atoms with van der Waals surface area (Å²) in [6.07, 6.45) is -3.97. The fraction of sp³-hybridized carbons (Fsp3) is 0.733. The summed E-state index contributed by atoms with van der Waals surface area (Å²) >= 11 is 0. The average Bonchev–Trinajstić information content (AvgIpc) is 3.89. The predicted molar refractivity (Wildman–Crippen MR) is 172 cm³/mol. The van der Waals surface area contributed by atoms with E-state index >= 15 is 0 Å². The highest BCUT2D eigenvalue weighted by Crippen LogP contribution is 2.56. The second kappa shape index (κ2) is 8.72. The topological polar surface area (TPSA) is 207 Å². The van der Waals surface area contributed by atoms with Crippen LogP contribution in [0.25, 0.3) is 0 Å². The zero-order valence-electron chi connectivity index (χ0n) is 30.6. The highest BCUT2D eigenvalue weighted by molar-refractivity contribution is 5.93. The maximum absolute atomic E-state index is 14.9. The molecular formula is C30H36N16O10. The third kappa shape index (κ3) is 2.69. The summed E-state index contributed by atoms with van der Waals surface area (Å²) in [5.41, 5.74) is -5.13. The summed E-state index contributed by atoms with van der Waals surface area (Å²) in [6.45, 7) is 4.83. The molecule has 13 rings (SSSR count). The zero-order valence-corrected chi connectivity index (χ0v) is 30.6. The molecule has 13 heterocycles. The summed E-state index contributed by atoms with van der Waals surface area (Å²) in [7, 11) is 0. The zero-order chi connectivity index (χ0) is 38.7. The number of carbonyl (C=O) groups excluding carboxylic acids is 8. The van der Waals surface area contributed by atoms with Gasteiger partial charge in [-0.05, 0) is 27.7 Å². The van der Waals surface area contributed by atoms with Crippen molar-refractivity contribution in [2.24, 2.45) is 0 Å². The molecule has 0 radical (unpaired) electrons. The molecule has 0 unspecified atom stereocenters. The molecule has 0 bridgehead atoms. The van der Waals surface area contributed by atoms with E-state index in [1.165, 1.54) is 78.4 Å². The van der Waals surface area contributed by atoms with Gasteiger partial charge in [0.1, 0.15) is 66.9 Å². The Kier molecular flexibility index (Phi) is 4.87. The van der Waals surface area contributed by atoms with Crippen LogP contribution in [0.5, 0.6) is 0 Å². The number of rotatable bonds is 0. The lowest BCUT2D eigenvalue weighted by Gasteiger charge is -2.49. The quantitative estimate of drug-likeness (QED) is 0.258. The van der Waals surface area contributed by atoms with Crippen molar-refractivity contribution in [1.29, 1.82) is 0 Å². The van der Waals surface area contributed by atoms with Gasteiger partial charge in [-0.15, -0.1) is 0 Å². The van der Waals surface area contributed by atoms with Crippen molar-refractivity contribution >= 4 is 48.2 Å². The summed E-state index contributed by atoms with van der Waals surface area (Å²) in [6, 6.07) is -4.03. The maximum atomic E-state index is 14.9. The third-order valence-electron chi connectivity index (χ3n) is 15.4. The van der Waals surface area contributed by atoms with Gasteiger partial charge in [0.05, 0.1) is 0 Å². The van der Waals surface area contributed by atoms with Crippen LogP contribution in [-0.4, -0.2) is 241 Å². The molecule has 16 amide bonds. The van der Waals surface area contributed by atoms with Crippen LogP contribution in [0.4, 0.5) is 38.4 Å². The number of carbonyl (C=O) groups is 8. The normalized spacial score (nSPS) is 42.5. The van der Waals surface area contributed by atoms with Gasteiger partial charge in [-0.1, -0.05) is 0 Å². The van der Waals surface area contributed by atoms with Crippen LogP contribution in [0.3, 0.4) is 0 Å². The van der Waals surface area contributed by atoms with Gasteiger partial charge in [-0.2, -0.15) is 0 Å². The third-order valence-corrected chi connectivity index (χ3v) is 15.4. The first-order valence-corrected chi connectivity index (χ1v) is 18.4. The molecule has 56 heavy (non-hydrogen) atoms. The monoisotopic (exact) mass is 780 g/mol. The molecule has 13 fully saturated rings. The molecule has 26 heteroatoms. The van der Waals surface area contributed by atoms with Gasteiger partial charge >= 0.3 is 48.2 Å². The van der Waals surface area contributed by atoms with Crippen molar-refractivity contribution in [3.63, 3.8) is 0 Å². The van der Waals surface area contributed by atoms with Gasteiger partial charge in [0.2, 0.25) is 0 Å². The molecule has 13 aliphatic heterocycles. The van der Waals surface area contributed by atoms with E-state index in [1.807, 2.05) is 0 Å². The van der Waals surface area contributed by atoms with E-state index in [0.717, 1.165) is 0 Å². The molecule has 13 aliphatic rings. The molecule has 0 aliphatic carbocycles. The minimum atomic E-state index is -1.47. The van der Waals surface area contributed by atoms with Crippen molar-refractivity contribution in [1.82, 2.24) is 78.4 Å². The van der Waals surface area contributed by atoms with E-state index in [4.69, 9.17) is 9.47 Å². The van der Waals surface area contributed by atoms with Gasteiger partial charge in [-0.25, -0.2) is 38.4 Å². The molecule has 0 spiro atoms. The molecule has 296 valence electrons. The summed E-state index contributed by atoms with van der Waals surface area (Å²) in [5.74, 6) is 0. The highest BCUT2D eigenvalue weighted by atomic mass is 16.5. The smallest absolute Gasteiger partial charge is 0.327 e. The van der Waals surface area contributed by atoms with E-state index in [1.54, 1.807) is 27.7 Å². The lowest BCUT2D eigenvalue weighted by molar-refractivity contribution is -0.162. The van der Waals surface area contributed by atoms with E-state index in [9.17, 15) is 38.4 Å². The Bertz CT molecular complexity index is 1980. The van der Waals surface area contributed by atoms with Crippen molar-refractivity contribution in [3.05, 3.63) is 0 Å². The SMILES string of the molecule is C[C@]12[C@H]3N4CN5C(=O)N6CN7C(=O)N8CN9C(=O)N%10COCN%11C(=O)N(CN%12C(=O)N(CN%13C(=O)N(CN3C(=O)N1COCN2C4=O)[C@]5(C)[C@@H]6%13)[C@@H]7[C@H]%128)[C@]9(C)[C@@]%10%11C. The molecule has 26 nitrogen and oxygen atoms in total. The number of urea groups is 8. The first-order valence-electron chi connectivity index (χ1n) is 18.4. The minimum absolute atomic E-state index is 0.0647. The van der Waals surface area contributed by atoms with Crippen LogP contribution < -0.4 is 0 Å².